The summed E-state index contributed by atoms with van der Waals surface area (Å²) < 4.78 is 5.10. The molecule has 1 aliphatic rings. The van der Waals surface area contributed by atoms with Crippen LogP contribution in [-0.2, 0) is 0 Å². The van der Waals surface area contributed by atoms with Crippen LogP contribution in [-0.4, -0.2) is 36.2 Å². The van der Waals surface area contributed by atoms with Gasteiger partial charge in [0, 0.05) is 24.3 Å². The highest BCUT2D eigenvalue weighted by molar-refractivity contribution is 5.30. The molecule has 94 valence electrons. The van der Waals surface area contributed by atoms with Crippen molar-refractivity contribution in [3.63, 3.8) is 0 Å². The Hall–Kier alpha value is -1.36. The van der Waals surface area contributed by atoms with E-state index in [1.165, 1.54) is 12.8 Å². The largest absolute Gasteiger partial charge is 0.481 e. The molecule has 0 aromatic carbocycles. The highest BCUT2D eigenvalue weighted by Crippen LogP contribution is 2.18. The highest BCUT2D eigenvalue weighted by Gasteiger charge is 2.19. The Kier molecular flexibility index (Phi) is 4.14. The summed E-state index contributed by atoms with van der Waals surface area (Å²) in [4.78, 5) is 8.54. The van der Waals surface area contributed by atoms with Crippen LogP contribution in [0.2, 0.25) is 0 Å². The minimum Gasteiger partial charge on any atom is -0.481 e. The number of nitrogens with zero attached hydrogens (tertiary/aromatic N) is 2. The number of ether oxygens (including phenoxy) is 1. The van der Waals surface area contributed by atoms with Gasteiger partial charge in [-0.05, 0) is 32.7 Å². The minimum atomic E-state index is 0.608. The molecule has 0 radical (unpaired) electrons. The Morgan fingerprint density at radius 2 is 2.18 bits per heavy atom. The molecule has 5 nitrogen and oxygen atoms in total. The summed E-state index contributed by atoms with van der Waals surface area (Å²) in [5.74, 6) is 1.25. The van der Waals surface area contributed by atoms with Crippen LogP contribution < -0.4 is 15.4 Å². The second-order valence-corrected chi connectivity index (χ2v) is 4.38. The van der Waals surface area contributed by atoms with Gasteiger partial charge in [-0.3, -0.25) is 0 Å². The summed E-state index contributed by atoms with van der Waals surface area (Å²) in [6.07, 6.45) is 3.76. The summed E-state index contributed by atoms with van der Waals surface area (Å²) in [6.45, 7) is 3.87. The van der Waals surface area contributed by atoms with Crippen LogP contribution in [0.4, 0.5) is 5.95 Å². The van der Waals surface area contributed by atoms with Gasteiger partial charge in [-0.25, -0.2) is 4.98 Å². The molecule has 0 bridgehead atoms. The first-order chi connectivity index (χ1) is 8.28. The molecular formula is C12H20N4O. The second-order valence-electron chi connectivity index (χ2n) is 4.38. The average Bonchev–Trinajstić information content (AvgIpc) is 3.12. The first-order valence-corrected chi connectivity index (χ1v) is 6.15. The van der Waals surface area contributed by atoms with Gasteiger partial charge in [0.2, 0.25) is 11.8 Å². The number of hydrogen-bond donors (Lipinski definition) is 2. The van der Waals surface area contributed by atoms with Crippen molar-refractivity contribution in [3.8, 4) is 5.88 Å². The van der Waals surface area contributed by atoms with E-state index in [0.717, 1.165) is 31.2 Å². The van der Waals surface area contributed by atoms with Gasteiger partial charge >= 0.3 is 0 Å². The Labute approximate surface area is 102 Å². The molecular weight excluding hydrogens is 216 g/mol. The molecule has 1 aliphatic carbocycles. The summed E-state index contributed by atoms with van der Waals surface area (Å²) in [6, 6.07) is 2.60. The van der Waals surface area contributed by atoms with Crippen LogP contribution in [0.25, 0.3) is 0 Å². The minimum absolute atomic E-state index is 0.608. The van der Waals surface area contributed by atoms with Gasteiger partial charge in [0.1, 0.15) is 0 Å². The van der Waals surface area contributed by atoms with Crippen molar-refractivity contribution in [1.82, 2.24) is 15.3 Å². The number of nitrogens with one attached hydrogen (secondary N) is 2. The molecule has 5 heteroatoms. The lowest BCUT2D eigenvalue weighted by Gasteiger charge is -2.07. The molecule has 1 aromatic heterocycles. The Morgan fingerprint density at radius 1 is 1.35 bits per heavy atom. The third kappa shape index (κ3) is 4.19. The fourth-order valence-electron chi connectivity index (χ4n) is 1.61. The van der Waals surface area contributed by atoms with Gasteiger partial charge in [0.15, 0.2) is 0 Å². The molecule has 1 fully saturated rings. The number of aryl methyl sites for hydroxylation is 1. The van der Waals surface area contributed by atoms with Gasteiger partial charge in [0.25, 0.3) is 0 Å². The van der Waals surface area contributed by atoms with E-state index < -0.39 is 0 Å². The maximum absolute atomic E-state index is 5.10. The first-order valence-electron chi connectivity index (χ1n) is 6.15. The molecule has 1 saturated carbocycles. The van der Waals surface area contributed by atoms with Gasteiger partial charge in [0.05, 0.1) is 7.11 Å². The lowest BCUT2D eigenvalue weighted by Crippen LogP contribution is -2.20. The Morgan fingerprint density at radius 3 is 2.88 bits per heavy atom. The van der Waals surface area contributed by atoms with Crippen LogP contribution in [0, 0.1) is 6.92 Å². The fourth-order valence-corrected chi connectivity index (χ4v) is 1.61. The van der Waals surface area contributed by atoms with Crippen molar-refractivity contribution in [2.24, 2.45) is 0 Å². The van der Waals surface area contributed by atoms with E-state index in [9.17, 15) is 0 Å². The van der Waals surface area contributed by atoms with Gasteiger partial charge in [-0.15, -0.1) is 0 Å². The first kappa shape index (κ1) is 12.1. The van der Waals surface area contributed by atoms with E-state index in [-0.39, 0.29) is 0 Å². The summed E-state index contributed by atoms with van der Waals surface area (Å²) in [7, 11) is 1.62. The lowest BCUT2D eigenvalue weighted by atomic mass is 10.4. The molecule has 0 spiro atoms. The molecule has 0 saturated heterocycles. The SMILES string of the molecule is COc1cc(C)nc(NCCCNC2CC2)n1. The quantitative estimate of drug-likeness (QED) is 0.700. The zero-order valence-corrected chi connectivity index (χ0v) is 10.5. The van der Waals surface area contributed by atoms with Crippen LogP contribution in [0.15, 0.2) is 6.07 Å². The van der Waals surface area contributed by atoms with E-state index in [1.807, 2.05) is 13.0 Å². The number of hydrogen-bond acceptors (Lipinski definition) is 5. The maximum Gasteiger partial charge on any atom is 0.226 e. The number of methoxy groups -OCH3 is 1. The summed E-state index contributed by atoms with van der Waals surface area (Å²) >= 11 is 0. The van der Waals surface area contributed by atoms with E-state index in [1.54, 1.807) is 7.11 Å². The smallest absolute Gasteiger partial charge is 0.226 e. The van der Waals surface area contributed by atoms with E-state index in [4.69, 9.17) is 4.74 Å². The van der Waals surface area contributed by atoms with E-state index in [0.29, 0.717) is 11.8 Å². The van der Waals surface area contributed by atoms with Crippen LogP contribution in [0.1, 0.15) is 25.0 Å². The number of aromatic nitrogens is 2. The van der Waals surface area contributed by atoms with Crippen LogP contribution >= 0.6 is 0 Å². The monoisotopic (exact) mass is 236 g/mol. The predicted octanol–water partition coefficient (Wildman–Crippen LogP) is 1.35. The third-order valence-electron chi connectivity index (χ3n) is 2.69. The molecule has 2 N–H and O–H groups in total. The Balaban J connectivity index is 1.71. The van der Waals surface area contributed by atoms with Crippen molar-refractivity contribution in [2.75, 3.05) is 25.5 Å². The van der Waals surface area contributed by atoms with Gasteiger partial charge < -0.3 is 15.4 Å². The van der Waals surface area contributed by atoms with Crippen molar-refractivity contribution in [1.29, 1.82) is 0 Å². The highest BCUT2D eigenvalue weighted by atomic mass is 16.5. The fraction of sp³-hybridized carbons (Fsp3) is 0.667. The molecule has 2 rings (SSSR count). The van der Waals surface area contributed by atoms with Crippen LogP contribution in [0.3, 0.4) is 0 Å². The van der Waals surface area contributed by atoms with Crippen LogP contribution in [0.5, 0.6) is 5.88 Å². The molecule has 0 atom stereocenters. The number of rotatable bonds is 7. The zero-order valence-electron chi connectivity index (χ0n) is 10.5. The number of anilines is 1. The van der Waals surface area contributed by atoms with Gasteiger partial charge in [-0.1, -0.05) is 0 Å². The van der Waals surface area contributed by atoms with E-state index >= 15 is 0 Å². The molecule has 17 heavy (non-hydrogen) atoms. The lowest BCUT2D eigenvalue weighted by molar-refractivity contribution is 0.397. The van der Waals surface area contributed by atoms with Crippen molar-refractivity contribution in [3.05, 3.63) is 11.8 Å². The normalized spacial score (nSPS) is 14.7. The Bertz CT molecular complexity index is 366. The van der Waals surface area contributed by atoms with Crippen molar-refractivity contribution in [2.45, 2.75) is 32.2 Å². The zero-order chi connectivity index (χ0) is 12.1. The van der Waals surface area contributed by atoms with Crippen molar-refractivity contribution < 1.29 is 4.74 Å². The topological polar surface area (TPSA) is 59.1 Å². The average molecular weight is 236 g/mol. The molecule has 0 unspecified atom stereocenters. The van der Waals surface area contributed by atoms with Gasteiger partial charge in [-0.2, -0.15) is 4.98 Å². The standard InChI is InChI=1S/C12H20N4O/c1-9-8-11(17-2)16-12(15-9)14-7-3-6-13-10-4-5-10/h8,10,13H,3-7H2,1-2H3,(H,14,15,16). The summed E-state index contributed by atoms with van der Waals surface area (Å²) in [5.41, 5.74) is 0.912. The maximum atomic E-state index is 5.10. The molecule has 1 aromatic rings. The van der Waals surface area contributed by atoms with Crippen molar-refractivity contribution >= 4 is 5.95 Å². The van der Waals surface area contributed by atoms with E-state index in [2.05, 4.69) is 20.6 Å². The second kappa shape index (κ2) is 5.82. The molecule has 1 heterocycles. The third-order valence-corrected chi connectivity index (χ3v) is 2.69. The summed E-state index contributed by atoms with van der Waals surface area (Å²) in [5, 5.41) is 6.68. The predicted molar refractivity (Wildman–Crippen MR) is 67.5 cm³/mol. The molecule has 0 aliphatic heterocycles. The molecule has 0 amide bonds.